The average molecular weight is 495 g/mol. The summed E-state index contributed by atoms with van der Waals surface area (Å²) >= 11 is 1.36. The minimum absolute atomic E-state index is 0.303. The zero-order valence-electron chi connectivity index (χ0n) is 19.8. The molecule has 5 rings (SSSR count). The van der Waals surface area contributed by atoms with Crippen molar-refractivity contribution in [2.45, 2.75) is 25.8 Å². The number of carbonyl (C=O) groups is 2. The highest BCUT2D eigenvalue weighted by molar-refractivity contribution is 7.17. The molecule has 0 saturated carbocycles. The number of hydrogen-bond donors (Lipinski definition) is 2. The fourth-order valence-corrected chi connectivity index (χ4v) is 5.23. The molecule has 0 radical (unpaired) electrons. The Morgan fingerprint density at radius 2 is 1.47 bits per heavy atom. The lowest BCUT2D eigenvalue weighted by atomic mass is 9.91. The van der Waals surface area contributed by atoms with Gasteiger partial charge in [-0.3, -0.25) is 20.4 Å². The van der Waals surface area contributed by atoms with Crippen molar-refractivity contribution in [2.75, 3.05) is 0 Å². The second-order valence-electron chi connectivity index (χ2n) is 8.44. The van der Waals surface area contributed by atoms with Crippen molar-refractivity contribution >= 4 is 34.2 Å². The molecule has 0 atom stereocenters. The minimum Gasteiger partial charge on any atom is -0.323 e. The predicted molar refractivity (Wildman–Crippen MR) is 144 cm³/mol. The first-order valence-corrected chi connectivity index (χ1v) is 12.7. The lowest BCUT2D eigenvalue weighted by Gasteiger charge is -2.18. The molecular formula is C29H26N4O2S. The smallest absolute Gasteiger partial charge is 0.279 e. The summed E-state index contributed by atoms with van der Waals surface area (Å²) < 4.78 is 2.19. The van der Waals surface area contributed by atoms with Crippen LogP contribution in [0.25, 0.3) is 21.7 Å². The van der Waals surface area contributed by atoms with Crippen LogP contribution in [-0.4, -0.2) is 21.4 Å². The Kier molecular flexibility index (Phi) is 6.91. The zero-order valence-corrected chi connectivity index (χ0v) is 20.7. The maximum absolute atomic E-state index is 13.2. The van der Waals surface area contributed by atoms with Gasteiger partial charge in [0, 0.05) is 6.54 Å². The van der Waals surface area contributed by atoms with Gasteiger partial charge in [-0.15, -0.1) is 11.3 Å². The molecule has 36 heavy (non-hydrogen) atoms. The van der Waals surface area contributed by atoms with Gasteiger partial charge in [-0.2, -0.15) is 0 Å². The Labute approximate surface area is 213 Å². The van der Waals surface area contributed by atoms with E-state index < -0.39 is 5.92 Å². The van der Waals surface area contributed by atoms with E-state index >= 15 is 0 Å². The normalized spacial score (nSPS) is 11.1. The number of amides is 2. The fourth-order valence-electron chi connectivity index (χ4n) is 4.33. The molecule has 2 N–H and O–H groups in total. The molecule has 2 heterocycles. The van der Waals surface area contributed by atoms with Gasteiger partial charge in [0.05, 0.1) is 26.7 Å². The van der Waals surface area contributed by atoms with Crippen LogP contribution in [0.1, 0.15) is 40.1 Å². The van der Waals surface area contributed by atoms with E-state index in [1.807, 2.05) is 84.9 Å². The van der Waals surface area contributed by atoms with E-state index in [0.717, 1.165) is 45.8 Å². The van der Waals surface area contributed by atoms with Crippen molar-refractivity contribution in [3.63, 3.8) is 0 Å². The van der Waals surface area contributed by atoms with E-state index in [2.05, 4.69) is 28.4 Å². The lowest BCUT2D eigenvalue weighted by molar-refractivity contribution is -0.122. The number of thiophene rings is 1. The van der Waals surface area contributed by atoms with Crippen molar-refractivity contribution in [3.8, 4) is 10.7 Å². The first kappa shape index (κ1) is 23.5. The van der Waals surface area contributed by atoms with E-state index in [0.29, 0.717) is 4.88 Å². The molecule has 0 aliphatic rings. The lowest BCUT2D eigenvalue weighted by Crippen LogP contribution is -2.44. The van der Waals surface area contributed by atoms with Gasteiger partial charge in [-0.05, 0) is 41.8 Å². The van der Waals surface area contributed by atoms with Gasteiger partial charge in [0.2, 0.25) is 5.91 Å². The van der Waals surface area contributed by atoms with Crippen molar-refractivity contribution in [2.24, 2.45) is 0 Å². The van der Waals surface area contributed by atoms with E-state index in [1.165, 1.54) is 11.3 Å². The molecule has 0 aliphatic carbocycles. The molecule has 6 nitrogen and oxygen atoms in total. The number of fused-ring (bicyclic) bond motifs is 1. The number of benzene rings is 3. The number of hydrazine groups is 1. The fraction of sp³-hybridized carbons (Fsp3) is 0.138. The van der Waals surface area contributed by atoms with Crippen molar-refractivity contribution in [1.82, 2.24) is 20.4 Å². The molecule has 5 aromatic rings. The highest BCUT2D eigenvalue weighted by atomic mass is 32.1. The molecule has 7 heteroatoms. The van der Waals surface area contributed by atoms with Crippen LogP contribution in [0.15, 0.2) is 97.1 Å². The summed E-state index contributed by atoms with van der Waals surface area (Å²) in [4.78, 5) is 32.3. The van der Waals surface area contributed by atoms with Crippen LogP contribution in [0, 0.1) is 0 Å². The Hall–Kier alpha value is -4.23. The van der Waals surface area contributed by atoms with Crippen molar-refractivity contribution in [1.29, 1.82) is 0 Å². The van der Waals surface area contributed by atoms with E-state index in [9.17, 15) is 9.59 Å². The summed E-state index contributed by atoms with van der Waals surface area (Å²) in [5.41, 5.74) is 8.93. The van der Waals surface area contributed by atoms with E-state index in [1.54, 1.807) is 6.07 Å². The van der Waals surface area contributed by atoms with E-state index in [-0.39, 0.29) is 11.8 Å². The Bertz CT molecular complexity index is 1450. The Balaban J connectivity index is 1.34. The van der Waals surface area contributed by atoms with Gasteiger partial charge in [0.25, 0.3) is 5.91 Å². The summed E-state index contributed by atoms with van der Waals surface area (Å²) in [5.74, 6) is -0.361. The molecule has 2 aromatic heterocycles. The summed E-state index contributed by atoms with van der Waals surface area (Å²) in [6.45, 7) is 2.97. The third kappa shape index (κ3) is 4.78. The quantitative estimate of drug-likeness (QED) is 0.282. The number of aryl methyl sites for hydroxylation is 1. The van der Waals surface area contributed by atoms with Gasteiger partial charge in [0.1, 0.15) is 0 Å². The highest BCUT2D eigenvalue weighted by Gasteiger charge is 2.23. The molecular weight excluding hydrogens is 468 g/mol. The first-order chi connectivity index (χ1) is 17.7. The second-order valence-corrected chi connectivity index (χ2v) is 9.52. The zero-order chi connectivity index (χ0) is 24.9. The number of carbonyl (C=O) groups excluding carboxylic acids is 2. The van der Waals surface area contributed by atoms with Crippen LogP contribution in [0.3, 0.4) is 0 Å². The molecule has 0 saturated heterocycles. The largest absolute Gasteiger partial charge is 0.323 e. The predicted octanol–water partition coefficient (Wildman–Crippen LogP) is 5.77. The second kappa shape index (κ2) is 10.6. The first-order valence-electron chi connectivity index (χ1n) is 11.9. The standard InChI is InChI=1S/C29H26N4O2S/c1-2-19-33-23-16-10-9-15-22(23)30-27(33)24-17-18-25(36-24)28(34)31-32-29(35)26(20-11-5-3-6-12-20)21-13-7-4-8-14-21/h3-18,26H,2,19H2,1H3,(H,31,34)(H,32,35). The number of hydrogen-bond acceptors (Lipinski definition) is 4. The summed E-state index contributed by atoms with van der Waals surface area (Å²) in [7, 11) is 0. The van der Waals surface area contributed by atoms with Gasteiger partial charge < -0.3 is 4.57 Å². The maximum atomic E-state index is 13.2. The summed E-state index contributed by atoms with van der Waals surface area (Å²) in [5, 5.41) is 0. The molecule has 0 aliphatic heterocycles. The molecule has 0 spiro atoms. The van der Waals surface area contributed by atoms with Crippen LogP contribution in [0.4, 0.5) is 0 Å². The molecule has 0 unspecified atom stereocenters. The number of nitrogens with zero attached hydrogens (tertiary/aromatic N) is 2. The number of nitrogens with one attached hydrogen (secondary N) is 2. The van der Waals surface area contributed by atoms with Gasteiger partial charge in [-0.25, -0.2) is 4.98 Å². The van der Waals surface area contributed by atoms with Crippen LogP contribution in [0.5, 0.6) is 0 Å². The van der Waals surface area contributed by atoms with Gasteiger partial charge in [-0.1, -0.05) is 79.7 Å². The summed E-state index contributed by atoms with van der Waals surface area (Å²) in [6, 6.07) is 30.8. The highest BCUT2D eigenvalue weighted by Crippen LogP contribution is 2.31. The third-order valence-corrected chi connectivity index (χ3v) is 7.06. The number of aromatic nitrogens is 2. The molecule has 0 bridgehead atoms. The third-order valence-electron chi connectivity index (χ3n) is 5.98. The van der Waals surface area contributed by atoms with Crippen molar-refractivity contribution in [3.05, 3.63) is 113 Å². The van der Waals surface area contributed by atoms with Crippen molar-refractivity contribution < 1.29 is 9.59 Å². The topological polar surface area (TPSA) is 76.0 Å². The van der Waals surface area contributed by atoms with Gasteiger partial charge >= 0.3 is 0 Å². The SMILES string of the molecule is CCCn1c(-c2ccc(C(=O)NNC(=O)C(c3ccccc3)c3ccccc3)s2)nc2ccccc21. The average Bonchev–Trinajstić information content (AvgIpc) is 3.55. The Morgan fingerprint density at radius 3 is 2.14 bits per heavy atom. The molecule has 0 fully saturated rings. The maximum Gasteiger partial charge on any atom is 0.279 e. The van der Waals surface area contributed by atoms with Crippen LogP contribution >= 0.6 is 11.3 Å². The van der Waals surface area contributed by atoms with Gasteiger partial charge in [0.15, 0.2) is 5.82 Å². The van der Waals surface area contributed by atoms with E-state index in [4.69, 9.17) is 4.98 Å². The molecule has 3 aromatic carbocycles. The number of rotatable bonds is 7. The monoisotopic (exact) mass is 494 g/mol. The number of para-hydroxylation sites is 2. The van der Waals surface area contributed by atoms with Crippen LogP contribution in [0.2, 0.25) is 0 Å². The Morgan fingerprint density at radius 1 is 0.833 bits per heavy atom. The minimum atomic E-state index is -0.541. The summed E-state index contributed by atoms with van der Waals surface area (Å²) in [6.07, 6.45) is 0.974. The van der Waals surface area contributed by atoms with Crippen LogP contribution in [-0.2, 0) is 11.3 Å². The van der Waals surface area contributed by atoms with Crippen LogP contribution < -0.4 is 10.9 Å². The molecule has 2 amide bonds. The number of imidazole rings is 1. The molecule has 180 valence electrons.